The third kappa shape index (κ3) is 1.76. The third-order valence-corrected chi connectivity index (χ3v) is 4.31. The molecule has 2 aromatic rings. The molecular formula is C13H13N3O2S. The van der Waals surface area contributed by atoms with Crippen LogP contribution in [0, 0.1) is 5.21 Å². The van der Waals surface area contributed by atoms with Crippen molar-refractivity contribution < 1.29 is 4.79 Å². The summed E-state index contributed by atoms with van der Waals surface area (Å²) in [6.45, 7) is 0. The number of benzene rings is 2. The highest BCUT2D eigenvalue weighted by atomic mass is 32.2. The predicted octanol–water partition coefficient (Wildman–Crippen LogP) is 3.12. The van der Waals surface area contributed by atoms with Crippen molar-refractivity contribution in [2.24, 2.45) is 0 Å². The molecule has 1 aliphatic heterocycles. The van der Waals surface area contributed by atoms with Gasteiger partial charge in [0.1, 0.15) is 0 Å². The summed E-state index contributed by atoms with van der Waals surface area (Å²) in [5.41, 5.74) is 0.531. The normalized spacial score (nSPS) is 23.4. The topological polar surface area (TPSA) is 46.6 Å². The lowest BCUT2D eigenvalue weighted by Crippen LogP contribution is -2.46. The van der Waals surface area contributed by atoms with E-state index in [1.165, 1.54) is 16.4 Å². The van der Waals surface area contributed by atoms with Gasteiger partial charge in [-0.05, 0) is 16.8 Å². The number of nitrogens with zero attached hydrogens (tertiary/aromatic N) is 3. The van der Waals surface area contributed by atoms with Crippen LogP contribution in [0.15, 0.2) is 42.5 Å². The minimum Gasteiger partial charge on any atom is -0.587 e. The summed E-state index contributed by atoms with van der Waals surface area (Å²) >= 11 is 0.937. The molecule has 6 heteroatoms. The molecule has 1 heterocycles. The van der Waals surface area contributed by atoms with Crippen molar-refractivity contribution in [2.45, 2.75) is 0 Å². The van der Waals surface area contributed by atoms with Gasteiger partial charge in [0.05, 0.1) is 7.05 Å². The number of amides is 2. The molecule has 0 aromatic heterocycles. The van der Waals surface area contributed by atoms with Crippen molar-refractivity contribution in [3.05, 3.63) is 47.7 Å². The average Bonchev–Trinajstić information content (AvgIpc) is 2.63. The van der Waals surface area contributed by atoms with Crippen LogP contribution in [0.1, 0.15) is 0 Å². The van der Waals surface area contributed by atoms with Gasteiger partial charge in [-0.2, -0.15) is 5.01 Å². The lowest BCUT2D eigenvalue weighted by molar-refractivity contribution is 0.165. The summed E-state index contributed by atoms with van der Waals surface area (Å²) in [6.07, 6.45) is 0. The van der Waals surface area contributed by atoms with Crippen LogP contribution in [0.5, 0.6) is 0 Å². The minimum atomic E-state index is -0.847. The third-order valence-electron chi connectivity index (χ3n) is 3.23. The summed E-state index contributed by atoms with van der Waals surface area (Å²) in [5, 5.41) is 16.1. The predicted molar refractivity (Wildman–Crippen MR) is 77.6 cm³/mol. The van der Waals surface area contributed by atoms with Gasteiger partial charge < -0.3 is 5.21 Å². The Balaban J connectivity index is 2.11. The fourth-order valence-corrected chi connectivity index (χ4v) is 3.05. The number of hydrogen-bond donors (Lipinski definition) is 0. The van der Waals surface area contributed by atoms with E-state index in [9.17, 15) is 10.0 Å². The Morgan fingerprint density at radius 2 is 1.79 bits per heavy atom. The van der Waals surface area contributed by atoms with Crippen molar-refractivity contribution >= 4 is 34.6 Å². The second-order valence-corrected chi connectivity index (χ2v) is 5.64. The Kier molecular flexibility index (Phi) is 2.67. The molecule has 2 aromatic carbocycles. The van der Waals surface area contributed by atoms with Crippen molar-refractivity contribution in [3.63, 3.8) is 0 Å². The molecule has 0 radical (unpaired) electrons. The van der Waals surface area contributed by atoms with E-state index >= 15 is 0 Å². The lowest BCUT2D eigenvalue weighted by Gasteiger charge is -2.36. The standard InChI is InChI=1S/C13H13N3O2S/c1-14-13(17)15(2)19-16(14,18)12-8-7-10-5-3-4-6-11(10)9-12/h3-9H,1-2H3. The molecule has 98 valence electrons. The monoisotopic (exact) mass is 275 g/mol. The first-order valence-corrected chi connectivity index (χ1v) is 6.56. The molecule has 2 amide bonds. The zero-order valence-corrected chi connectivity index (χ0v) is 11.4. The Morgan fingerprint density at radius 1 is 1.11 bits per heavy atom. The van der Waals surface area contributed by atoms with Gasteiger partial charge in [0, 0.05) is 19.2 Å². The highest BCUT2D eigenvalue weighted by Gasteiger charge is 2.45. The quantitative estimate of drug-likeness (QED) is 0.456. The van der Waals surface area contributed by atoms with Gasteiger partial charge >= 0.3 is 6.03 Å². The second-order valence-electron chi connectivity index (χ2n) is 4.44. The summed E-state index contributed by atoms with van der Waals surface area (Å²) in [4.78, 5) is 11.8. The van der Waals surface area contributed by atoms with Gasteiger partial charge in [0.25, 0.3) is 0 Å². The molecule has 1 aliphatic rings. The molecule has 0 aliphatic carbocycles. The van der Waals surface area contributed by atoms with Gasteiger partial charge in [-0.1, -0.05) is 24.3 Å². The minimum absolute atomic E-state index is 0.298. The van der Waals surface area contributed by atoms with E-state index < -0.39 is 4.16 Å². The Hall–Kier alpha value is -1.76. The molecule has 1 saturated heterocycles. The Labute approximate surface area is 115 Å². The second kappa shape index (κ2) is 4.12. The molecule has 1 fully saturated rings. The number of carbonyl (C=O) groups is 1. The maximum absolute atomic E-state index is 12.9. The maximum atomic E-state index is 12.9. The van der Waals surface area contributed by atoms with E-state index in [1.807, 2.05) is 36.4 Å². The number of carbonyl (C=O) groups excluding carboxylic acids is 1. The first-order chi connectivity index (χ1) is 9.02. The van der Waals surface area contributed by atoms with Crippen LogP contribution in [0.25, 0.3) is 10.8 Å². The van der Waals surface area contributed by atoms with Gasteiger partial charge in [-0.3, -0.25) is 0 Å². The zero-order chi connectivity index (χ0) is 13.6. The van der Waals surface area contributed by atoms with Gasteiger partial charge in [0.15, 0.2) is 5.69 Å². The number of hydrogen-bond acceptors (Lipinski definition) is 3. The molecule has 1 atom stereocenters. The summed E-state index contributed by atoms with van der Waals surface area (Å²) in [5.74, 6) is 0. The van der Waals surface area contributed by atoms with E-state index in [0.717, 1.165) is 22.9 Å². The van der Waals surface area contributed by atoms with Crippen LogP contribution in [-0.4, -0.2) is 29.4 Å². The Morgan fingerprint density at radius 3 is 2.42 bits per heavy atom. The molecule has 1 unspecified atom stereocenters. The average molecular weight is 275 g/mol. The highest BCUT2D eigenvalue weighted by Crippen LogP contribution is 2.41. The smallest absolute Gasteiger partial charge is 0.379 e. The summed E-state index contributed by atoms with van der Waals surface area (Å²) < 4.78 is 0.502. The maximum Gasteiger partial charge on any atom is 0.379 e. The van der Waals surface area contributed by atoms with E-state index in [0.29, 0.717) is 5.69 Å². The lowest BCUT2D eigenvalue weighted by atomic mass is 10.1. The first-order valence-electron chi connectivity index (χ1n) is 5.83. The van der Waals surface area contributed by atoms with E-state index in [2.05, 4.69) is 0 Å². The van der Waals surface area contributed by atoms with Crippen LogP contribution in [-0.2, 0) is 0 Å². The SMILES string of the molecule is CN1S[N+]([O-])(c2ccc3ccccc3c2)N(C)C1=O. The van der Waals surface area contributed by atoms with Gasteiger partial charge in [-0.15, -0.1) is 4.16 Å². The largest absolute Gasteiger partial charge is 0.587 e. The first kappa shape index (κ1) is 12.3. The van der Waals surface area contributed by atoms with Crippen LogP contribution in [0.3, 0.4) is 0 Å². The molecule has 0 N–H and O–H groups in total. The molecule has 5 nitrogen and oxygen atoms in total. The number of rotatable bonds is 1. The van der Waals surface area contributed by atoms with E-state index in [1.54, 1.807) is 13.1 Å². The molecular weight excluding hydrogens is 262 g/mol. The zero-order valence-electron chi connectivity index (χ0n) is 10.6. The van der Waals surface area contributed by atoms with E-state index in [-0.39, 0.29) is 6.03 Å². The number of fused-ring (bicyclic) bond motifs is 1. The van der Waals surface area contributed by atoms with Crippen molar-refractivity contribution in [3.8, 4) is 0 Å². The molecule has 0 spiro atoms. The van der Waals surface area contributed by atoms with Gasteiger partial charge in [0.2, 0.25) is 12.1 Å². The molecule has 3 rings (SSSR count). The highest BCUT2D eigenvalue weighted by molar-refractivity contribution is 7.97. The number of urea groups is 1. The fraction of sp³-hybridized carbons (Fsp3) is 0.154. The molecule has 19 heavy (non-hydrogen) atoms. The fourth-order valence-electron chi connectivity index (χ4n) is 2.14. The number of quaternary nitrogens is 1. The van der Waals surface area contributed by atoms with E-state index in [4.69, 9.17) is 0 Å². The van der Waals surface area contributed by atoms with Crippen LogP contribution in [0.4, 0.5) is 10.5 Å². The Bertz CT molecular complexity index is 663. The summed E-state index contributed by atoms with van der Waals surface area (Å²) in [7, 11) is 3.11. The van der Waals surface area contributed by atoms with Crippen LogP contribution < -0.4 is 4.16 Å². The van der Waals surface area contributed by atoms with Crippen molar-refractivity contribution in [1.82, 2.24) is 13.5 Å². The van der Waals surface area contributed by atoms with Crippen LogP contribution in [0.2, 0.25) is 0 Å². The van der Waals surface area contributed by atoms with Gasteiger partial charge in [-0.25, -0.2) is 9.10 Å². The van der Waals surface area contributed by atoms with Crippen LogP contribution >= 0.6 is 12.1 Å². The summed E-state index contributed by atoms with van der Waals surface area (Å²) in [6, 6.07) is 13.0. The molecule has 0 bridgehead atoms. The van der Waals surface area contributed by atoms with Crippen molar-refractivity contribution in [2.75, 3.05) is 14.1 Å². The van der Waals surface area contributed by atoms with Crippen molar-refractivity contribution in [1.29, 1.82) is 0 Å². The molecule has 0 saturated carbocycles.